The summed E-state index contributed by atoms with van der Waals surface area (Å²) in [5.41, 5.74) is 21.8. The minimum absolute atomic E-state index is 0.0410. The van der Waals surface area contributed by atoms with Crippen molar-refractivity contribution in [2.75, 3.05) is 13.1 Å². The van der Waals surface area contributed by atoms with Crippen LogP contribution in [0.25, 0.3) is 0 Å². The van der Waals surface area contributed by atoms with E-state index in [0.717, 1.165) is 48.7 Å². The molecule has 4 aliphatic heterocycles. The van der Waals surface area contributed by atoms with E-state index in [1.165, 1.54) is 0 Å². The van der Waals surface area contributed by atoms with E-state index in [1.807, 2.05) is 0 Å². The highest BCUT2D eigenvalue weighted by atomic mass is 32.3. The number of hydroxylamine groups is 4. The fourth-order valence-corrected chi connectivity index (χ4v) is 10.6. The Kier molecular flexibility index (Phi) is 6.68. The number of aliphatic imine (C=N–C) groups is 2. The minimum Gasteiger partial charge on any atom is -0.370 e. The second kappa shape index (κ2) is 10.7. The topological polar surface area (TPSA) is 281 Å². The molecule has 4 amide bonds. The predicted molar refractivity (Wildman–Crippen MR) is 180 cm³/mol. The number of amides is 4. The molecule has 4 saturated carbocycles. The predicted octanol–water partition coefficient (Wildman–Crippen LogP) is 1.44. The molecule has 4 bridgehead atoms. The van der Waals surface area contributed by atoms with Gasteiger partial charge in [0.1, 0.15) is 22.5 Å². The third kappa shape index (κ3) is 4.88. The highest BCUT2D eigenvalue weighted by Crippen LogP contribution is 2.64. The summed E-state index contributed by atoms with van der Waals surface area (Å²) in [5.74, 6) is 0.972. The average Bonchev–Trinajstić information content (AvgIpc) is 3.76. The van der Waals surface area contributed by atoms with Crippen LogP contribution in [0.1, 0.15) is 112 Å². The van der Waals surface area contributed by atoms with Gasteiger partial charge in [0, 0.05) is 25.2 Å². The van der Waals surface area contributed by atoms with Gasteiger partial charge in [-0.25, -0.2) is 19.6 Å². The van der Waals surface area contributed by atoms with E-state index in [-0.39, 0.29) is 35.8 Å². The second-order valence-corrected chi connectivity index (χ2v) is 17.5. The average molecular weight is 755 g/mol. The molecule has 0 radical (unpaired) electrons. The van der Waals surface area contributed by atoms with Crippen molar-refractivity contribution in [2.24, 2.45) is 43.7 Å². The summed E-state index contributed by atoms with van der Waals surface area (Å²) in [6.07, 6.45) is 8.92. The van der Waals surface area contributed by atoms with Crippen LogP contribution in [0.4, 0.5) is 9.59 Å². The lowest BCUT2D eigenvalue weighted by Gasteiger charge is -2.36. The first-order chi connectivity index (χ1) is 25.3. The van der Waals surface area contributed by atoms with Gasteiger partial charge in [-0.2, -0.15) is 18.5 Å². The third-order valence-electron chi connectivity index (χ3n) is 13.4. The largest absolute Gasteiger partial charge is 0.442 e. The van der Waals surface area contributed by atoms with Gasteiger partial charge in [0.2, 0.25) is 0 Å². The highest BCUT2D eigenvalue weighted by molar-refractivity contribution is 7.81. The van der Waals surface area contributed by atoms with E-state index in [9.17, 15) is 18.0 Å². The van der Waals surface area contributed by atoms with Gasteiger partial charge < -0.3 is 41.8 Å². The van der Waals surface area contributed by atoms with E-state index < -0.39 is 57.7 Å². The van der Waals surface area contributed by atoms with Gasteiger partial charge in [0.15, 0.2) is 23.4 Å². The maximum atomic E-state index is 13.9. The molecule has 8 N–H and O–H groups in total. The van der Waals surface area contributed by atoms with Crippen molar-refractivity contribution in [2.45, 2.75) is 112 Å². The molecule has 4 atom stereocenters. The molecule has 21 heteroatoms. The zero-order chi connectivity index (χ0) is 36.7. The number of piperidine rings is 2. The number of rotatable bonds is 10. The zero-order valence-corrected chi connectivity index (χ0v) is 29.7. The number of nitrogens with zero attached hydrogens (tertiary/aromatic N) is 8. The van der Waals surface area contributed by atoms with Crippen molar-refractivity contribution in [3.63, 3.8) is 0 Å². The molecule has 284 valence electrons. The molecule has 8 fully saturated rings. The Morgan fingerprint density at radius 2 is 1.09 bits per heavy atom. The standard InChI is InChI=1S/C32H42N12O8S/c33-25(34)37-31(3-1-4-31)23-11-17(39-49-23)19-13-29(7-8-29)21-15-41(19)27(45)43(21)51-53(47,48)52-44-22-16-42(28(44)46)20(14-30(22)9-10-30)18-12-24(50-40-18)32(5-2-6-32)38-26(35)36/h11-12,19-22H,1-10,13-16H2,(H4,33,34,37)(H4,35,36,38)/t19-,20-,21-,22-/m0/s1. The van der Waals surface area contributed by atoms with E-state index in [2.05, 4.69) is 20.3 Å². The van der Waals surface area contributed by atoms with Crippen LogP contribution in [0.3, 0.4) is 0 Å². The molecule has 0 aromatic carbocycles. The van der Waals surface area contributed by atoms with E-state index in [4.69, 9.17) is 40.5 Å². The van der Waals surface area contributed by atoms with Gasteiger partial charge in [-0.05, 0) is 87.9 Å². The minimum atomic E-state index is -4.93. The van der Waals surface area contributed by atoms with Gasteiger partial charge in [-0.1, -0.05) is 10.3 Å². The maximum absolute atomic E-state index is 13.9. The molecule has 0 unspecified atom stereocenters. The summed E-state index contributed by atoms with van der Waals surface area (Å²) in [6, 6.07) is 0.312. The second-order valence-electron chi connectivity index (χ2n) is 16.4. The Hall–Kier alpha value is -4.63. The van der Waals surface area contributed by atoms with Crippen molar-refractivity contribution in [1.29, 1.82) is 0 Å². The molecule has 4 aliphatic carbocycles. The molecular formula is C32H42N12O8S. The number of hydrogen-bond donors (Lipinski definition) is 4. The summed E-state index contributed by atoms with van der Waals surface area (Å²) in [4.78, 5) is 39.7. The smallest absolute Gasteiger partial charge is 0.370 e. The Morgan fingerprint density at radius 1 is 0.698 bits per heavy atom. The first-order valence-electron chi connectivity index (χ1n) is 18.2. The fraction of sp³-hybridized carbons (Fsp3) is 0.688. The molecule has 20 nitrogen and oxygen atoms in total. The van der Waals surface area contributed by atoms with Crippen LogP contribution in [0.15, 0.2) is 31.2 Å². The molecule has 2 spiro atoms. The van der Waals surface area contributed by atoms with E-state index >= 15 is 0 Å². The molecule has 8 aliphatic rings. The number of fused-ring (bicyclic) bond motifs is 6. The summed E-state index contributed by atoms with van der Waals surface area (Å²) in [6.45, 7) is 0.461. The van der Waals surface area contributed by atoms with Crippen LogP contribution in [0, 0.1) is 10.8 Å². The Morgan fingerprint density at radius 3 is 1.42 bits per heavy atom. The summed E-state index contributed by atoms with van der Waals surface area (Å²) in [5, 5.41) is 10.5. The lowest BCUT2D eigenvalue weighted by Crippen LogP contribution is -2.45. The number of carbonyl (C=O) groups excluding carboxylic acids is 2. The van der Waals surface area contributed by atoms with Crippen LogP contribution in [0.2, 0.25) is 0 Å². The number of nitrogens with two attached hydrogens (primary N) is 4. The number of hydrogen-bond acceptors (Lipinski definition) is 12. The van der Waals surface area contributed by atoms with Gasteiger partial charge in [0.25, 0.3) is 0 Å². The van der Waals surface area contributed by atoms with E-state index in [0.29, 0.717) is 61.4 Å². The SMILES string of the molecule is NC(N)=NC1(c2cc([C@@H]3CC4(CC4)[C@@H]4CN3C(=O)N4OS(=O)(=O)ON3C(=O)N4C[C@H]3C3(CC3)C[C@H]4c3cc(C4(N=C(N)N)CCC4)on3)no2)CCC1. The number of urea groups is 2. The highest BCUT2D eigenvalue weighted by Gasteiger charge is 2.67. The summed E-state index contributed by atoms with van der Waals surface area (Å²) < 4.78 is 49.8. The van der Waals surface area contributed by atoms with Crippen molar-refractivity contribution in [1.82, 2.24) is 30.2 Å². The molecule has 6 heterocycles. The maximum Gasteiger partial charge on any atom is 0.442 e. The third-order valence-corrected chi connectivity index (χ3v) is 14.1. The molecule has 4 saturated heterocycles. The number of aromatic nitrogens is 2. The van der Waals surface area contributed by atoms with Crippen LogP contribution in [-0.2, 0) is 30.0 Å². The Balaban J connectivity index is 0.863. The Labute approximate surface area is 304 Å². The van der Waals surface area contributed by atoms with Crippen molar-refractivity contribution in [3.8, 4) is 0 Å². The lowest BCUT2D eigenvalue weighted by atomic mass is 9.75. The molecule has 10 rings (SSSR count). The molecule has 2 aromatic heterocycles. The van der Waals surface area contributed by atoms with Gasteiger partial charge >= 0.3 is 22.5 Å². The van der Waals surface area contributed by atoms with Crippen LogP contribution >= 0.6 is 0 Å². The summed E-state index contributed by atoms with van der Waals surface area (Å²) in [7, 11) is -4.93. The van der Waals surface area contributed by atoms with Gasteiger partial charge in [-0.15, -0.1) is 8.57 Å². The number of carbonyl (C=O) groups is 2. The van der Waals surface area contributed by atoms with Crippen molar-refractivity contribution >= 4 is 34.4 Å². The van der Waals surface area contributed by atoms with Crippen LogP contribution in [0.5, 0.6) is 0 Å². The van der Waals surface area contributed by atoms with Gasteiger partial charge in [0.05, 0.1) is 24.2 Å². The summed E-state index contributed by atoms with van der Waals surface area (Å²) >= 11 is 0. The first kappa shape index (κ1) is 33.0. The van der Waals surface area contributed by atoms with Crippen LogP contribution in [-0.4, -0.2) is 87.8 Å². The van der Waals surface area contributed by atoms with Crippen molar-refractivity contribution < 1.29 is 35.6 Å². The van der Waals surface area contributed by atoms with Crippen LogP contribution < -0.4 is 22.9 Å². The lowest BCUT2D eigenvalue weighted by molar-refractivity contribution is -0.101. The molecule has 53 heavy (non-hydrogen) atoms. The monoisotopic (exact) mass is 754 g/mol. The zero-order valence-electron chi connectivity index (χ0n) is 28.9. The Bertz CT molecular complexity index is 1920. The normalized spacial score (nSPS) is 30.7. The van der Waals surface area contributed by atoms with E-state index in [1.54, 1.807) is 21.9 Å². The van der Waals surface area contributed by atoms with Crippen molar-refractivity contribution in [3.05, 3.63) is 35.0 Å². The fourth-order valence-electron chi connectivity index (χ4n) is 9.84. The van der Waals surface area contributed by atoms with Gasteiger partial charge in [-0.3, -0.25) is 0 Å². The first-order valence-corrected chi connectivity index (χ1v) is 19.6. The molecular weight excluding hydrogens is 712 g/mol. The molecule has 2 aromatic rings. The number of guanidine groups is 2. The quantitative estimate of drug-likeness (QED) is 0.197.